The van der Waals surface area contributed by atoms with Crippen LogP contribution < -0.4 is 10.6 Å². The maximum Gasteiger partial charge on any atom is 0.321 e. The first-order chi connectivity index (χ1) is 14.2. The fraction of sp³-hybridized carbons (Fsp3) is 0.391. The topological polar surface area (TPSA) is 64.7 Å². The number of carbonyl (C=O) groups excluding carboxylic acids is 2. The fourth-order valence-electron chi connectivity index (χ4n) is 3.89. The van der Waals surface area contributed by atoms with Crippen molar-refractivity contribution in [3.8, 4) is 0 Å². The second-order valence-electron chi connectivity index (χ2n) is 7.82. The number of nitrogens with one attached hydrogen (secondary N) is 2. The van der Waals surface area contributed by atoms with Gasteiger partial charge in [0.2, 0.25) is 0 Å². The van der Waals surface area contributed by atoms with E-state index in [0.717, 1.165) is 69.7 Å². The highest BCUT2D eigenvalue weighted by Crippen LogP contribution is 2.18. The van der Waals surface area contributed by atoms with Crippen LogP contribution in [0.15, 0.2) is 48.5 Å². The molecular weight excluding hydrogens is 364 g/mol. The van der Waals surface area contributed by atoms with Crippen LogP contribution in [0, 0.1) is 0 Å². The third-order valence-electron chi connectivity index (χ3n) is 5.61. The summed E-state index contributed by atoms with van der Waals surface area (Å²) in [5, 5.41) is 5.93. The molecule has 0 unspecified atom stereocenters. The summed E-state index contributed by atoms with van der Waals surface area (Å²) in [4.78, 5) is 28.0. The highest BCUT2D eigenvalue weighted by molar-refractivity contribution is 5.90. The van der Waals surface area contributed by atoms with Crippen LogP contribution in [0.1, 0.15) is 36.8 Å². The minimum Gasteiger partial charge on any atom is -0.325 e. The lowest BCUT2D eigenvalue weighted by molar-refractivity contribution is 0.222. The van der Waals surface area contributed by atoms with E-state index in [1.54, 1.807) is 0 Å². The minimum atomic E-state index is -0.0122. The van der Waals surface area contributed by atoms with Gasteiger partial charge in [0.15, 0.2) is 0 Å². The molecule has 2 N–H and O–H groups in total. The molecule has 4 amide bonds. The van der Waals surface area contributed by atoms with E-state index in [4.69, 9.17) is 0 Å². The zero-order valence-corrected chi connectivity index (χ0v) is 16.7. The molecule has 2 aromatic rings. The summed E-state index contributed by atoms with van der Waals surface area (Å²) in [6, 6.07) is 16.0. The molecule has 4 rings (SSSR count). The minimum absolute atomic E-state index is 0.0122. The Balaban J connectivity index is 1.29. The van der Waals surface area contributed by atoms with Crippen LogP contribution in [-0.2, 0) is 6.42 Å². The average molecular weight is 393 g/mol. The Labute approximate surface area is 171 Å². The van der Waals surface area contributed by atoms with E-state index in [9.17, 15) is 9.59 Å². The monoisotopic (exact) mass is 392 g/mol. The number of urea groups is 2. The molecule has 2 aliphatic rings. The van der Waals surface area contributed by atoms with Crippen molar-refractivity contribution in [3.63, 3.8) is 0 Å². The summed E-state index contributed by atoms with van der Waals surface area (Å²) >= 11 is 0. The van der Waals surface area contributed by atoms with Crippen LogP contribution in [0.2, 0.25) is 0 Å². The van der Waals surface area contributed by atoms with E-state index in [1.807, 2.05) is 58.3 Å². The molecule has 0 radical (unpaired) electrons. The quantitative estimate of drug-likeness (QED) is 0.803. The molecule has 2 aromatic carbocycles. The zero-order chi connectivity index (χ0) is 20.1. The van der Waals surface area contributed by atoms with E-state index in [-0.39, 0.29) is 12.1 Å². The molecule has 0 aromatic heterocycles. The molecule has 0 bridgehead atoms. The third-order valence-corrected chi connectivity index (χ3v) is 5.61. The Bertz CT molecular complexity index is 765. The molecule has 0 aliphatic carbocycles. The van der Waals surface area contributed by atoms with Gasteiger partial charge >= 0.3 is 12.1 Å². The van der Waals surface area contributed by atoms with Crippen LogP contribution >= 0.6 is 0 Å². The van der Waals surface area contributed by atoms with Crippen molar-refractivity contribution in [2.75, 3.05) is 36.8 Å². The van der Waals surface area contributed by atoms with Crippen LogP contribution in [0.25, 0.3) is 0 Å². The van der Waals surface area contributed by atoms with Crippen LogP contribution in [0.3, 0.4) is 0 Å². The molecule has 0 atom stereocenters. The summed E-state index contributed by atoms with van der Waals surface area (Å²) in [6.07, 6.45) is 5.17. The Kier molecular flexibility index (Phi) is 5.98. The number of anilines is 2. The Hall–Kier alpha value is -3.02. The molecule has 6 nitrogen and oxygen atoms in total. The maximum atomic E-state index is 12.2. The van der Waals surface area contributed by atoms with Gasteiger partial charge in [-0.2, -0.15) is 0 Å². The number of nitrogens with zero attached hydrogens (tertiary/aromatic N) is 2. The smallest absolute Gasteiger partial charge is 0.321 e. The molecule has 0 spiro atoms. The molecule has 152 valence electrons. The van der Waals surface area contributed by atoms with Gasteiger partial charge in [0.1, 0.15) is 0 Å². The number of likely N-dealkylation sites (tertiary alicyclic amines) is 2. The van der Waals surface area contributed by atoms with E-state index < -0.39 is 0 Å². The maximum absolute atomic E-state index is 12.2. The number of benzene rings is 2. The van der Waals surface area contributed by atoms with Gasteiger partial charge in [0.25, 0.3) is 0 Å². The summed E-state index contributed by atoms with van der Waals surface area (Å²) < 4.78 is 0. The second-order valence-corrected chi connectivity index (χ2v) is 7.82. The Morgan fingerprint density at radius 2 is 0.966 bits per heavy atom. The summed E-state index contributed by atoms with van der Waals surface area (Å²) in [6.45, 7) is 3.38. The SMILES string of the molecule is O=C(Nc1ccc(Cc2ccc(NC(=O)N3CCCC3)cc2)cc1)N1CCCC1. The van der Waals surface area contributed by atoms with E-state index in [0.29, 0.717) is 0 Å². The van der Waals surface area contributed by atoms with Crippen molar-refractivity contribution < 1.29 is 9.59 Å². The van der Waals surface area contributed by atoms with Crippen molar-refractivity contribution in [3.05, 3.63) is 59.7 Å². The molecular formula is C23H28N4O2. The Morgan fingerprint density at radius 1 is 0.621 bits per heavy atom. The molecule has 29 heavy (non-hydrogen) atoms. The third kappa shape index (κ3) is 5.08. The first-order valence-corrected chi connectivity index (χ1v) is 10.5. The number of rotatable bonds is 4. The van der Waals surface area contributed by atoms with Gasteiger partial charge in [0.05, 0.1) is 0 Å². The molecule has 6 heteroatoms. The largest absolute Gasteiger partial charge is 0.325 e. The Morgan fingerprint density at radius 3 is 1.31 bits per heavy atom. The van der Waals surface area contributed by atoms with Crippen molar-refractivity contribution in [1.29, 1.82) is 0 Å². The number of amides is 4. The lowest BCUT2D eigenvalue weighted by Gasteiger charge is -2.16. The lowest BCUT2D eigenvalue weighted by atomic mass is 10.0. The van der Waals surface area contributed by atoms with Gasteiger partial charge in [0, 0.05) is 37.6 Å². The van der Waals surface area contributed by atoms with E-state index >= 15 is 0 Å². The standard InChI is InChI=1S/C23H28N4O2/c28-22(26-13-1-2-14-26)24-20-9-5-18(6-10-20)17-19-7-11-21(12-8-19)25-23(29)27-15-3-4-16-27/h5-12H,1-4,13-17H2,(H,24,28)(H,25,29). The van der Waals surface area contributed by atoms with E-state index in [2.05, 4.69) is 10.6 Å². The summed E-state index contributed by atoms with van der Waals surface area (Å²) in [5.41, 5.74) is 4.01. The number of hydrogen-bond acceptors (Lipinski definition) is 2. The van der Waals surface area contributed by atoms with Gasteiger partial charge < -0.3 is 20.4 Å². The van der Waals surface area contributed by atoms with Crippen LogP contribution in [-0.4, -0.2) is 48.0 Å². The molecule has 2 fully saturated rings. The van der Waals surface area contributed by atoms with Gasteiger partial charge in [-0.15, -0.1) is 0 Å². The van der Waals surface area contributed by atoms with Crippen LogP contribution in [0.4, 0.5) is 21.0 Å². The highest BCUT2D eigenvalue weighted by Gasteiger charge is 2.18. The first kappa shape index (κ1) is 19.3. The predicted octanol–water partition coefficient (Wildman–Crippen LogP) is 4.53. The second kappa shape index (κ2) is 8.99. The zero-order valence-electron chi connectivity index (χ0n) is 16.7. The molecule has 2 aliphatic heterocycles. The molecule has 2 saturated heterocycles. The van der Waals surface area contributed by atoms with Crippen molar-refractivity contribution in [2.45, 2.75) is 32.1 Å². The van der Waals surface area contributed by atoms with Crippen molar-refractivity contribution >= 4 is 23.4 Å². The van der Waals surface area contributed by atoms with E-state index in [1.165, 1.54) is 11.1 Å². The highest BCUT2D eigenvalue weighted by atomic mass is 16.2. The summed E-state index contributed by atoms with van der Waals surface area (Å²) in [7, 11) is 0. The summed E-state index contributed by atoms with van der Waals surface area (Å²) in [5.74, 6) is 0. The van der Waals surface area contributed by atoms with Gasteiger partial charge in [-0.05, 0) is 67.5 Å². The van der Waals surface area contributed by atoms with Gasteiger partial charge in [-0.25, -0.2) is 9.59 Å². The lowest BCUT2D eigenvalue weighted by Crippen LogP contribution is -2.32. The van der Waals surface area contributed by atoms with Gasteiger partial charge in [-0.1, -0.05) is 24.3 Å². The fourth-order valence-corrected chi connectivity index (χ4v) is 3.89. The molecule has 0 saturated carbocycles. The van der Waals surface area contributed by atoms with Gasteiger partial charge in [-0.3, -0.25) is 0 Å². The number of hydrogen-bond donors (Lipinski definition) is 2. The van der Waals surface area contributed by atoms with Crippen LogP contribution in [0.5, 0.6) is 0 Å². The number of carbonyl (C=O) groups is 2. The predicted molar refractivity (Wildman–Crippen MR) is 115 cm³/mol. The average Bonchev–Trinajstić information content (AvgIpc) is 3.45. The van der Waals surface area contributed by atoms with Crippen molar-refractivity contribution in [1.82, 2.24) is 9.80 Å². The normalized spacial score (nSPS) is 16.1. The first-order valence-electron chi connectivity index (χ1n) is 10.5. The van der Waals surface area contributed by atoms with Crippen molar-refractivity contribution in [2.24, 2.45) is 0 Å². The molecule has 2 heterocycles.